The largest absolute Gasteiger partial charge is 0.481 e. The Balaban J connectivity index is 2.61. The lowest BCUT2D eigenvalue weighted by Gasteiger charge is -2.10. The number of nitrogens with zero attached hydrogens (tertiary/aromatic N) is 2. The number of ketones is 1. The fourth-order valence-corrected chi connectivity index (χ4v) is 2.00. The topological polar surface area (TPSA) is 72.2 Å². The van der Waals surface area contributed by atoms with Crippen molar-refractivity contribution in [2.45, 2.75) is 26.1 Å². The molecule has 112 valence electrons. The van der Waals surface area contributed by atoms with E-state index in [4.69, 9.17) is 5.11 Å². The maximum Gasteiger partial charge on any atom is 0.449 e. The van der Waals surface area contributed by atoms with Crippen molar-refractivity contribution in [2.75, 3.05) is 0 Å². The number of alkyl halides is 3. The van der Waals surface area contributed by atoms with Gasteiger partial charge in [-0.25, -0.2) is 4.98 Å². The summed E-state index contributed by atoms with van der Waals surface area (Å²) in [4.78, 5) is 25.3. The van der Waals surface area contributed by atoms with Crippen molar-refractivity contribution >= 4 is 22.8 Å². The van der Waals surface area contributed by atoms with Crippen molar-refractivity contribution in [1.29, 1.82) is 0 Å². The lowest BCUT2D eigenvalue weighted by atomic mass is 10.1. The highest BCUT2D eigenvalue weighted by molar-refractivity contribution is 5.97. The molecule has 1 aromatic carbocycles. The number of carboxylic acids is 1. The molecule has 1 aromatic heterocycles. The minimum Gasteiger partial charge on any atom is -0.481 e. The molecular weight excluding hydrogens is 289 g/mol. The summed E-state index contributed by atoms with van der Waals surface area (Å²) in [6.45, 7) is 0.952. The molecule has 0 unspecified atom stereocenters. The molecule has 0 saturated carbocycles. The third kappa shape index (κ3) is 3.04. The molecule has 8 heteroatoms. The molecule has 2 aromatic rings. The average molecular weight is 300 g/mol. The summed E-state index contributed by atoms with van der Waals surface area (Å²) < 4.78 is 39.7. The Hall–Kier alpha value is -2.38. The number of carbonyl (C=O) groups excluding carboxylic acids is 1. The van der Waals surface area contributed by atoms with Crippen LogP contribution in [-0.4, -0.2) is 26.4 Å². The molecule has 0 spiro atoms. The molecule has 0 aliphatic rings. The zero-order chi connectivity index (χ0) is 15.8. The number of Topliss-reactive ketones (excluding diaryl/α,β-unsaturated/α-hetero) is 1. The van der Waals surface area contributed by atoms with Crippen molar-refractivity contribution in [2.24, 2.45) is 0 Å². The predicted octanol–water partition coefficient (Wildman–Crippen LogP) is 2.73. The van der Waals surface area contributed by atoms with Gasteiger partial charge in [0.25, 0.3) is 0 Å². The maximum absolute atomic E-state index is 13.0. The number of carboxylic acid groups (broad SMARTS) is 1. The molecule has 0 aliphatic heterocycles. The predicted molar refractivity (Wildman–Crippen MR) is 67.0 cm³/mol. The van der Waals surface area contributed by atoms with Crippen molar-refractivity contribution in [1.82, 2.24) is 9.55 Å². The summed E-state index contributed by atoms with van der Waals surface area (Å²) in [5.74, 6) is -2.66. The third-order valence-corrected chi connectivity index (χ3v) is 2.96. The van der Waals surface area contributed by atoms with Crippen LogP contribution in [0, 0.1) is 0 Å². The number of carbonyl (C=O) groups is 2. The second-order valence-corrected chi connectivity index (χ2v) is 4.49. The molecule has 0 aliphatic carbocycles. The normalized spacial score (nSPS) is 11.8. The zero-order valence-electron chi connectivity index (χ0n) is 10.9. The molecule has 0 atom stereocenters. The highest BCUT2D eigenvalue weighted by Crippen LogP contribution is 2.32. The Bertz CT molecular complexity index is 719. The molecule has 0 bridgehead atoms. The SMILES string of the molecule is CC(=O)c1ccc2c(c1)nc(C(F)(F)F)n2CCC(=O)O. The standard InChI is InChI=1S/C13H11F3N2O3/c1-7(19)8-2-3-10-9(6-8)17-12(13(14,15)16)18(10)5-4-11(20)21/h2-3,6H,4-5H2,1H3,(H,20,21). The van der Waals surface area contributed by atoms with Crippen LogP contribution >= 0.6 is 0 Å². The van der Waals surface area contributed by atoms with E-state index in [1.165, 1.54) is 25.1 Å². The number of fused-ring (bicyclic) bond motifs is 1. The van der Waals surface area contributed by atoms with Gasteiger partial charge in [-0.3, -0.25) is 9.59 Å². The molecule has 0 radical (unpaired) electrons. The van der Waals surface area contributed by atoms with Crippen LogP contribution in [0.1, 0.15) is 29.5 Å². The van der Waals surface area contributed by atoms with E-state index < -0.39 is 24.4 Å². The number of aliphatic carboxylic acids is 1. The summed E-state index contributed by atoms with van der Waals surface area (Å²) in [6.07, 6.45) is -5.16. The van der Waals surface area contributed by atoms with Crippen LogP contribution in [0.4, 0.5) is 13.2 Å². The van der Waals surface area contributed by atoms with Gasteiger partial charge in [-0.05, 0) is 25.1 Å². The Morgan fingerprint density at radius 2 is 2.00 bits per heavy atom. The number of halogens is 3. The van der Waals surface area contributed by atoms with Gasteiger partial charge in [-0.2, -0.15) is 13.2 Å². The second-order valence-electron chi connectivity index (χ2n) is 4.49. The minimum absolute atomic E-state index is 0.0143. The smallest absolute Gasteiger partial charge is 0.449 e. The van der Waals surface area contributed by atoms with Crippen molar-refractivity contribution < 1.29 is 27.9 Å². The fraction of sp³-hybridized carbons (Fsp3) is 0.308. The number of imidazole rings is 1. The minimum atomic E-state index is -4.70. The summed E-state index contributed by atoms with van der Waals surface area (Å²) in [5.41, 5.74) is 0.410. The van der Waals surface area contributed by atoms with Gasteiger partial charge in [0.1, 0.15) is 0 Å². The Morgan fingerprint density at radius 3 is 2.52 bits per heavy atom. The van der Waals surface area contributed by atoms with Crippen molar-refractivity contribution in [3.8, 4) is 0 Å². The molecule has 1 heterocycles. The molecule has 2 rings (SSSR count). The van der Waals surface area contributed by atoms with E-state index in [2.05, 4.69) is 4.98 Å². The number of hydrogen-bond acceptors (Lipinski definition) is 3. The van der Waals surface area contributed by atoms with Crippen LogP contribution in [0.5, 0.6) is 0 Å². The van der Waals surface area contributed by atoms with Gasteiger partial charge in [0, 0.05) is 12.1 Å². The van der Waals surface area contributed by atoms with Gasteiger partial charge in [0.05, 0.1) is 17.5 Å². The Kier molecular flexibility index (Phi) is 3.71. The monoisotopic (exact) mass is 300 g/mol. The molecule has 5 nitrogen and oxygen atoms in total. The van der Waals surface area contributed by atoms with Crippen LogP contribution in [0.25, 0.3) is 11.0 Å². The third-order valence-electron chi connectivity index (χ3n) is 2.96. The van der Waals surface area contributed by atoms with Crippen LogP contribution in [0.15, 0.2) is 18.2 Å². The number of rotatable bonds is 4. The lowest BCUT2D eigenvalue weighted by molar-refractivity contribution is -0.148. The van der Waals surface area contributed by atoms with Crippen molar-refractivity contribution in [3.05, 3.63) is 29.6 Å². The van der Waals surface area contributed by atoms with Gasteiger partial charge in [0.2, 0.25) is 5.82 Å². The second kappa shape index (κ2) is 5.19. The molecule has 21 heavy (non-hydrogen) atoms. The Labute approximate surface area is 117 Å². The van der Waals surface area contributed by atoms with E-state index in [1.807, 2.05) is 0 Å². The summed E-state index contributed by atoms with van der Waals surface area (Å²) in [7, 11) is 0. The van der Waals surface area contributed by atoms with Gasteiger partial charge in [0.15, 0.2) is 5.78 Å². The van der Waals surface area contributed by atoms with Crippen LogP contribution in [0.2, 0.25) is 0 Å². The van der Waals surface area contributed by atoms with Gasteiger partial charge >= 0.3 is 12.1 Å². The highest BCUT2D eigenvalue weighted by Gasteiger charge is 2.37. The average Bonchev–Trinajstić information content (AvgIpc) is 2.73. The van der Waals surface area contributed by atoms with Gasteiger partial charge < -0.3 is 9.67 Å². The van der Waals surface area contributed by atoms with Crippen molar-refractivity contribution in [3.63, 3.8) is 0 Å². The van der Waals surface area contributed by atoms with Crippen LogP contribution < -0.4 is 0 Å². The quantitative estimate of drug-likeness (QED) is 0.881. The first-order valence-electron chi connectivity index (χ1n) is 6.00. The van der Waals surface area contributed by atoms with E-state index in [0.29, 0.717) is 0 Å². The maximum atomic E-state index is 13.0. The first-order chi connectivity index (χ1) is 9.70. The van der Waals surface area contributed by atoms with E-state index in [9.17, 15) is 22.8 Å². The summed E-state index contributed by atoms with van der Waals surface area (Å²) in [5, 5.41) is 8.64. The Morgan fingerprint density at radius 1 is 1.33 bits per heavy atom. The van der Waals surface area contributed by atoms with E-state index in [1.54, 1.807) is 0 Å². The first-order valence-corrected chi connectivity index (χ1v) is 6.00. The number of benzene rings is 1. The van der Waals surface area contributed by atoms with E-state index >= 15 is 0 Å². The molecule has 0 saturated heterocycles. The number of aryl methyl sites for hydroxylation is 1. The first kappa shape index (κ1) is 15.0. The highest BCUT2D eigenvalue weighted by atomic mass is 19.4. The van der Waals surface area contributed by atoms with Gasteiger partial charge in [-0.15, -0.1) is 0 Å². The molecule has 1 N–H and O–H groups in total. The van der Waals surface area contributed by atoms with E-state index in [0.717, 1.165) is 4.57 Å². The van der Waals surface area contributed by atoms with Crippen LogP contribution in [0.3, 0.4) is 0 Å². The summed E-state index contributed by atoms with van der Waals surface area (Å²) >= 11 is 0. The van der Waals surface area contributed by atoms with Crippen LogP contribution in [-0.2, 0) is 17.5 Å². The molecule has 0 fully saturated rings. The lowest BCUT2D eigenvalue weighted by Crippen LogP contribution is -2.16. The number of hydrogen-bond donors (Lipinski definition) is 1. The molecule has 0 amide bonds. The molecular formula is C13H11F3N2O3. The van der Waals surface area contributed by atoms with E-state index in [-0.39, 0.29) is 28.9 Å². The fourth-order valence-electron chi connectivity index (χ4n) is 2.00. The van der Waals surface area contributed by atoms with Gasteiger partial charge in [-0.1, -0.05) is 0 Å². The summed E-state index contributed by atoms with van der Waals surface area (Å²) in [6, 6.07) is 4.00. The zero-order valence-corrected chi connectivity index (χ0v) is 10.9. The number of aromatic nitrogens is 2.